The maximum absolute atomic E-state index is 12.4. The third-order valence-electron chi connectivity index (χ3n) is 5.01. The first-order valence-electron chi connectivity index (χ1n) is 9.17. The van der Waals surface area contributed by atoms with Crippen LogP contribution < -0.4 is 10.6 Å². The minimum absolute atomic E-state index is 0.00474. The van der Waals surface area contributed by atoms with E-state index < -0.39 is 0 Å². The Morgan fingerprint density at radius 3 is 2.59 bits per heavy atom. The number of carbonyl (C=O) groups excluding carboxylic acids is 2. The fourth-order valence-corrected chi connectivity index (χ4v) is 3.64. The van der Waals surface area contributed by atoms with Crippen LogP contribution in [0.5, 0.6) is 0 Å². The van der Waals surface area contributed by atoms with E-state index in [0.717, 1.165) is 31.5 Å². The van der Waals surface area contributed by atoms with Gasteiger partial charge in [0.15, 0.2) is 0 Å². The van der Waals surface area contributed by atoms with E-state index in [4.69, 9.17) is 0 Å². The van der Waals surface area contributed by atoms with Crippen LogP contribution in [0.3, 0.4) is 0 Å². The zero-order chi connectivity index (χ0) is 19.2. The van der Waals surface area contributed by atoms with E-state index in [1.54, 1.807) is 5.51 Å². The first-order valence-corrected chi connectivity index (χ1v) is 10.0. The summed E-state index contributed by atoms with van der Waals surface area (Å²) in [5.74, 6) is 0.0142. The molecule has 1 aromatic heterocycles. The number of amides is 2. The standard InChI is InChI=1S/C19H25N5O2S/c1-13-3-5-15(6-4-13)11-20-18(26)16-7-9-24(10-8-16)14(2)17(25)22-19-23-21-12-27-19/h3-6,12,14,16H,7-11H2,1-2H3,(H,20,26)(H,22,23,25)/t14-/m0/s1. The average molecular weight is 388 g/mol. The van der Waals surface area contributed by atoms with Gasteiger partial charge in [0.05, 0.1) is 6.04 Å². The monoisotopic (exact) mass is 387 g/mol. The zero-order valence-electron chi connectivity index (χ0n) is 15.6. The van der Waals surface area contributed by atoms with Crippen molar-refractivity contribution in [2.75, 3.05) is 18.4 Å². The van der Waals surface area contributed by atoms with Gasteiger partial charge in [-0.2, -0.15) is 0 Å². The van der Waals surface area contributed by atoms with E-state index in [-0.39, 0.29) is 23.8 Å². The molecule has 27 heavy (non-hydrogen) atoms. The van der Waals surface area contributed by atoms with Gasteiger partial charge < -0.3 is 5.32 Å². The lowest BCUT2D eigenvalue weighted by Crippen LogP contribution is -2.48. The molecule has 2 amide bonds. The number of piperidine rings is 1. The molecule has 0 bridgehead atoms. The van der Waals surface area contributed by atoms with E-state index in [9.17, 15) is 9.59 Å². The second kappa shape index (κ2) is 9.05. The number of nitrogens with one attached hydrogen (secondary N) is 2. The fraction of sp³-hybridized carbons (Fsp3) is 0.474. The molecule has 3 rings (SSSR count). The highest BCUT2D eigenvalue weighted by atomic mass is 32.1. The number of benzene rings is 1. The van der Waals surface area contributed by atoms with Crippen LogP contribution in [0.2, 0.25) is 0 Å². The zero-order valence-corrected chi connectivity index (χ0v) is 16.5. The van der Waals surface area contributed by atoms with Crippen LogP contribution in [0.25, 0.3) is 0 Å². The van der Waals surface area contributed by atoms with Crippen LogP contribution in [0, 0.1) is 12.8 Å². The van der Waals surface area contributed by atoms with Gasteiger partial charge in [-0.3, -0.25) is 19.8 Å². The molecular weight excluding hydrogens is 362 g/mol. The van der Waals surface area contributed by atoms with E-state index in [2.05, 4.69) is 25.7 Å². The van der Waals surface area contributed by atoms with Gasteiger partial charge in [-0.05, 0) is 45.3 Å². The normalized spacial score (nSPS) is 16.7. The molecule has 1 aliphatic rings. The van der Waals surface area contributed by atoms with Crippen LogP contribution >= 0.6 is 11.3 Å². The highest BCUT2D eigenvalue weighted by Crippen LogP contribution is 2.20. The minimum atomic E-state index is -0.259. The van der Waals surface area contributed by atoms with Crippen molar-refractivity contribution in [3.05, 3.63) is 40.9 Å². The number of aromatic nitrogens is 2. The number of aryl methyl sites for hydroxylation is 1. The molecule has 0 radical (unpaired) electrons. The molecule has 0 saturated carbocycles. The molecule has 1 fully saturated rings. The molecule has 0 aliphatic carbocycles. The second-order valence-electron chi connectivity index (χ2n) is 6.92. The lowest BCUT2D eigenvalue weighted by molar-refractivity contribution is -0.127. The van der Waals surface area contributed by atoms with E-state index in [1.807, 2.05) is 38.1 Å². The number of carbonyl (C=O) groups is 2. The largest absolute Gasteiger partial charge is 0.352 e. The predicted octanol–water partition coefficient (Wildman–Crippen LogP) is 2.20. The summed E-state index contributed by atoms with van der Waals surface area (Å²) in [5, 5.41) is 13.9. The fourth-order valence-electron chi connectivity index (χ4n) is 3.19. The van der Waals surface area contributed by atoms with E-state index in [1.165, 1.54) is 16.9 Å². The molecule has 0 unspecified atom stereocenters. The summed E-state index contributed by atoms with van der Waals surface area (Å²) < 4.78 is 0. The Bertz CT molecular complexity index is 755. The topological polar surface area (TPSA) is 87.2 Å². The van der Waals surface area contributed by atoms with Crippen molar-refractivity contribution < 1.29 is 9.59 Å². The summed E-state index contributed by atoms with van der Waals surface area (Å²) in [6, 6.07) is 7.92. The van der Waals surface area contributed by atoms with Crippen molar-refractivity contribution in [3.63, 3.8) is 0 Å². The molecule has 0 spiro atoms. The van der Waals surface area contributed by atoms with Crippen molar-refractivity contribution >= 4 is 28.3 Å². The number of nitrogens with zero attached hydrogens (tertiary/aromatic N) is 3. The van der Waals surface area contributed by atoms with Crippen molar-refractivity contribution in [1.29, 1.82) is 0 Å². The summed E-state index contributed by atoms with van der Waals surface area (Å²) in [5.41, 5.74) is 3.90. The number of hydrogen-bond acceptors (Lipinski definition) is 6. The first kappa shape index (κ1) is 19.4. The van der Waals surface area contributed by atoms with Crippen molar-refractivity contribution in [3.8, 4) is 0 Å². The van der Waals surface area contributed by atoms with Crippen LogP contribution in [0.4, 0.5) is 5.13 Å². The number of anilines is 1. The Labute approximate surface area is 163 Å². The minimum Gasteiger partial charge on any atom is -0.352 e. The van der Waals surface area contributed by atoms with Gasteiger partial charge in [0.2, 0.25) is 16.9 Å². The lowest BCUT2D eigenvalue weighted by atomic mass is 9.94. The van der Waals surface area contributed by atoms with Gasteiger partial charge in [-0.1, -0.05) is 41.2 Å². The van der Waals surface area contributed by atoms with Crippen molar-refractivity contribution in [2.24, 2.45) is 5.92 Å². The number of likely N-dealkylation sites (tertiary alicyclic amines) is 1. The third-order valence-corrected chi connectivity index (χ3v) is 5.61. The Morgan fingerprint density at radius 2 is 1.96 bits per heavy atom. The van der Waals surface area contributed by atoms with E-state index >= 15 is 0 Å². The molecule has 8 heteroatoms. The molecule has 7 nitrogen and oxygen atoms in total. The molecule has 2 heterocycles. The molecule has 144 valence electrons. The molecule has 1 saturated heterocycles. The van der Waals surface area contributed by atoms with Gasteiger partial charge in [0.1, 0.15) is 5.51 Å². The van der Waals surface area contributed by atoms with Crippen LogP contribution in [0.1, 0.15) is 30.9 Å². The summed E-state index contributed by atoms with van der Waals surface area (Å²) in [6.07, 6.45) is 1.52. The first-order chi connectivity index (χ1) is 13.0. The molecular formula is C19H25N5O2S. The summed E-state index contributed by atoms with van der Waals surface area (Å²) in [7, 11) is 0. The maximum atomic E-state index is 12.4. The smallest absolute Gasteiger partial charge is 0.243 e. The molecule has 1 aromatic carbocycles. The Morgan fingerprint density at radius 1 is 1.26 bits per heavy atom. The van der Waals surface area contributed by atoms with Gasteiger partial charge in [-0.15, -0.1) is 10.2 Å². The second-order valence-corrected chi connectivity index (χ2v) is 7.76. The van der Waals surface area contributed by atoms with Crippen LogP contribution in [-0.2, 0) is 16.1 Å². The Hall–Kier alpha value is -2.32. The van der Waals surface area contributed by atoms with E-state index in [0.29, 0.717) is 11.7 Å². The number of rotatable bonds is 6. The predicted molar refractivity (Wildman–Crippen MR) is 105 cm³/mol. The third kappa shape index (κ3) is 5.33. The van der Waals surface area contributed by atoms with Gasteiger partial charge in [-0.25, -0.2) is 0 Å². The number of hydrogen-bond donors (Lipinski definition) is 2. The van der Waals surface area contributed by atoms with Crippen molar-refractivity contribution in [2.45, 2.75) is 39.3 Å². The quantitative estimate of drug-likeness (QED) is 0.793. The maximum Gasteiger partial charge on any atom is 0.243 e. The molecule has 2 aromatic rings. The molecule has 1 atom stereocenters. The van der Waals surface area contributed by atoms with Crippen LogP contribution in [-0.4, -0.2) is 46.0 Å². The average Bonchev–Trinajstić information content (AvgIpc) is 3.20. The molecule has 1 aliphatic heterocycles. The van der Waals surface area contributed by atoms with Crippen molar-refractivity contribution in [1.82, 2.24) is 20.4 Å². The van der Waals surface area contributed by atoms with Gasteiger partial charge in [0, 0.05) is 12.5 Å². The van der Waals surface area contributed by atoms with Gasteiger partial charge in [0.25, 0.3) is 0 Å². The Kier molecular flexibility index (Phi) is 6.52. The highest BCUT2D eigenvalue weighted by molar-refractivity contribution is 7.13. The lowest BCUT2D eigenvalue weighted by Gasteiger charge is -2.34. The molecule has 2 N–H and O–H groups in total. The summed E-state index contributed by atoms with van der Waals surface area (Å²) >= 11 is 1.30. The highest BCUT2D eigenvalue weighted by Gasteiger charge is 2.29. The van der Waals surface area contributed by atoms with Gasteiger partial charge >= 0.3 is 0 Å². The summed E-state index contributed by atoms with van der Waals surface area (Å²) in [4.78, 5) is 26.9. The summed E-state index contributed by atoms with van der Waals surface area (Å²) in [6.45, 7) is 5.94. The van der Waals surface area contributed by atoms with Crippen LogP contribution in [0.15, 0.2) is 29.8 Å². The Balaban J connectivity index is 1.42. The SMILES string of the molecule is Cc1ccc(CNC(=O)C2CCN([C@@H](C)C(=O)Nc3nncs3)CC2)cc1.